The van der Waals surface area contributed by atoms with E-state index in [0.717, 1.165) is 12.1 Å². The monoisotopic (exact) mass is 199 g/mol. The van der Waals surface area contributed by atoms with Crippen LogP contribution in [0.1, 0.15) is 20.3 Å². The van der Waals surface area contributed by atoms with Crippen molar-refractivity contribution in [2.24, 2.45) is 0 Å². The lowest BCUT2D eigenvalue weighted by Gasteiger charge is -2.24. The van der Waals surface area contributed by atoms with E-state index in [1.54, 1.807) is 6.08 Å². The van der Waals surface area contributed by atoms with Gasteiger partial charge in [0.1, 0.15) is 0 Å². The van der Waals surface area contributed by atoms with Gasteiger partial charge < -0.3 is 5.32 Å². The molecule has 0 bridgehead atoms. The average Bonchev–Trinajstić information content (AvgIpc) is 2.28. The maximum absolute atomic E-state index is 3.60. The molecular formula is C14H17N. The first-order chi connectivity index (χ1) is 7.20. The number of para-hydroxylation sites is 1. The van der Waals surface area contributed by atoms with Crippen LogP contribution in [0.25, 0.3) is 0 Å². The minimum absolute atomic E-state index is 0.185. The van der Waals surface area contributed by atoms with Crippen LogP contribution in [0, 0.1) is 11.8 Å². The molecule has 1 unspecified atom stereocenters. The number of benzene rings is 1. The molecule has 0 aromatic heterocycles. The molecule has 0 heterocycles. The Labute approximate surface area is 92.2 Å². The summed E-state index contributed by atoms with van der Waals surface area (Å²) in [4.78, 5) is 0. The molecule has 0 spiro atoms. The first-order valence-corrected chi connectivity index (χ1v) is 5.17. The van der Waals surface area contributed by atoms with Gasteiger partial charge >= 0.3 is 0 Å². The third-order valence-electron chi connectivity index (χ3n) is 2.35. The number of allylic oxidation sites excluding steroid dienone is 1. The van der Waals surface area contributed by atoms with E-state index in [4.69, 9.17) is 0 Å². The highest BCUT2D eigenvalue weighted by molar-refractivity contribution is 5.48. The molecule has 78 valence electrons. The van der Waals surface area contributed by atoms with E-state index < -0.39 is 0 Å². The summed E-state index contributed by atoms with van der Waals surface area (Å²) in [7, 11) is 0. The summed E-state index contributed by atoms with van der Waals surface area (Å²) in [5.74, 6) is 6.08. The van der Waals surface area contributed by atoms with Gasteiger partial charge in [0.2, 0.25) is 0 Å². The van der Waals surface area contributed by atoms with Crippen molar-refractivity contribution in [3.8, 4) is 11.8 Å². The average molecular weight is 199 g/mol. The van der Waals surface area contributed by atoms with Gasteiger partial charge in [-0.25, -0.2) is 0 Å². The molecule has 0 amide bonds. The fraction of sp³-hybridized carbons (Fsp3) is 0.286. The summed E-state index contributed by atoms with van der Waals surface area (Å²) in [5.41, 5.74) is 0.912. The minimum atomic E-state index is -0.185. The van der Waals surface area contributed by atoms with Crippen LogP contribution in [0.4, 0.5) is 5.69 Å². The lowest BCUT2D eigenvalue weighted by atomic mass is 9.99. The second-order valence-electron chi connectivity index (χ2n) is 3.65. The van der Waals surface area contributed by atoms with E-state index in [0.29, 0.717) is 0 Å². The van der Waals surface area contributed by atoms with Gasteiger partial charge in [-0.15, -0.1) is 0 Å². The number of hydrogen-bond acceptors (Lipinski definition) is 1. The van der Waals surface area contributed by atoms with Gasteiger partial charge in [0.05, 0.1) is 5.54 Å². The fourth-order valence-electron chi connectivity index (χ4n) is 1.26. The molecule has 0 aliphatic heterocycles. The maximum Gasteiger partial charge on any atom is 0.0959 e. The number of nitrogens with one attached hydrogen (secondary N) is 1. The predicted molar refractivity (Wildman–Crippen MR) is 66.7 cm³/mol. The molecule has 1 atom stereocenters. The Hall–Kier alpha value is -1.68. The zero-order valence-corrected chi connectivity index (χ0v) is 9.38. The third kappa shape index (κ3) is 3.52. The van der Waals surface area contributed by atoms with Gasteiger partial charge in [-0.1, -0.05) is 43.5 Å². The van der Waals surface area contributed by atoms with Gasteiger partial charge in [-0.2, -0.15) is 0 Å². The highest BCUT2D eigenvalue weighted by Crippen LogP contribution is 2.17. The zero-order chi connectivity index (χ0) is 11.1. The molecule has 1 aromatic rings. The number of rotatable bonds is 3. The van der Waals surface area contributed by atoms with Gasteiger partial charge in [-0.05, 0) is 31.6 Å². The van der Waals surface area contributed by atoms with Gasteiger partial charge in [0, 0.05) is 5.69 Å². The Bertz CT molecular complexity index is 369. The Kier molecular flexibility index (Phi) is 4.00. The molecule has 15 heavy (non-hydrogen) atoms. The molecular weight excluding hydrogens is 182 g/mol. The van der Waals surface area contributed by atoms with Crippen LogP contribution in [0.5, 0.6) is 0 Å². The van der Waals surface area contributed by atoms with Crippen LogP contribution < -0.4 is 5.32 Å². The lowest BCUT2D eigenvalue weighted by molar-refractivity contribution is 0.635. The van der Waals surface area contributed by atoms with Crippen LogP contribution in [0.2, 0.25) is 0 Å². The van der Waals surface area contributed by atoms with E-state index >= 15 is 0 Å². The van der Waals surface area contributed by atoms with Crippen LogP contribution in [-0.4, -0.2) is 5.54 Å². The van der Waals surface area contributed by atoms with Gasteiger partial charge in [0.25, 0.3) is 0 Å². The van der Waals surface area contributed by atoms with Crippen LogP contribution >= 0.6 is 0 Å². The fourth-order valence-corrected chi connectivity index (χ4v) is 1.26. The molecule has 1 nitrogen and oxygen atoms in total. The second kappa shape index (κ2) is 5.26. The van der Waals surface area contributed by atoms with E-state index in [9.17, 15) is 0 Å². The zero-order valence-electron chi connectivity index (χ0n) is 9.38. The first kappa shape index (κ1) is 11.4. The highest BCUT2D eigenvalue weighted by Gasteiger charge is 2.17. The largest absolute Gasteiger partial charge is 0.369 e. The summed E-state index contributed by atoms with van der Waals surface area (Å²) >= 11 is 0. The Morgan fingerprint density at radius 1 is 1.40 bits per heavy atom. The quantitative estimate of drug-likeness (QED) is 0.735. The summed E-state index contributed by atoms with van der Waals surface area (Å²) in [6.45, 7) is 7.82. The van der Waals surface area contributed by atoms with E-state index in [1.165, 1.54) is 0 Å². The van der Waals surface area contributed by atoms with Gasteiger partial charge in [0.15, 0.2) is 0 Å². The second-order valence-corrected chi connectivity index (χ2v) is 3.65. The Balaban J connectivity index is 2.81. The molecule has 0 saturated carbocycles. The molecule has 0 aliphatic carbocycles. The summed E-state index contributed by atoms with van der Waals surface area (Å²) in [6.07, 6.45) is 2.57. The molecule has 0 saturated heterocycles. The molecule has 0 fully saturated rings. The van der Waals surface area contributed by atoms with Crippen molar-refractivity contribution in [2.75, 3.05) is 5.32 Å². The van der Waals surface area contributed by atoms with Gasteiger partial charge in [-0.3, -0.25) is 0 Å². The smallest absolute Gasteiger partial charge is 0.0959 e. The SMILES string of the molecule is C=CC#CC(C)(CC)Nc1ccccc1. The Morgan fingerprint density at radius 3 is 2.60 bits per heavy atom. The van der Waals surface area contributed by atoms with Crippen molar-refractivity contribution in [1.82, 2.24) is 0 Å². The minimum Gasteiger partial charge on any atom is -0.369 e. The third-order valence-corrected chi connectivity index (χ3v) is 2.35. The van der Waals surface area contributed by atoms with E-state index in [2.05, 4.69) is 37.6 Å². The standard InChI is InChI=1S/C14H17N/c1-4-6-12-14(3,5-2)15-13-10-8-7-9-11-13/h4,7-11,15H,1,5H2,2-3H3. The highest BCUT2D eigenvalue weighted by atomic mass is 15.0. The normalized spacial score (nSPS) is 13.2. The van der Waals surface area contributed by atoms with E-state index in [-0.39, 0.29) is 5.54 Å². The molecule has 1 aromatic carbocycles. The van der Waals surface area contributed by atoms with E-state index in [1.807, 2.05) is 30.3 Å². The molecule has 0 aliphatic rings. The summed E-state index contributed by atoms with van der Waals surface area (Å²) < 4.78 is 0. The molecule has 1 N–H and O–H groups in total. The van der Waals surface area contributed by atoms with Crippen molar-refractivity contribution in [1.29, 1.82) is 0 Å². The Morgan fingerprint density at radius 2 is 2.07 bits per heavy atom. The lowest BCUT2D eigenvalue weighted by Crippen LogP contribution is -2.31. The molecule has 1 rings (SSSR count). The van der Waals surface area contributed by atoms with Crippen molar-refractivity contribution < 1.29 is 0 Å². The van der Waals surface area contributed by atoms with Crippen molar-refractivity contribution in [3.05, 3.63) is 43.0 Å². The summed E-state index contributed by atoms with van der Waals surface area (Å²) in [5, 5.41) is 3.42. The number of anilines is 1. The topological polar surface area (TPSA) is 12.0 Å². The maximum atomic E-state index is 3.60. The van der Waals surface area contributed by atoms with Crippen molar-refractivity contribution in [2.45, 2.75) is 25.8 Å². The number of hydrogen-bond donors (Lipinski definition) is 1. The summed E-state index contributed by atoms with van der Waals surface area (Å²) in [6, 6.07) is 10.1. The van der Waals surface area contributed by atoms with Crippen molar-refractivity contribution in [3.63, 3.8) is 0 Å². The molecule has 0 radical (unpaired) electrons. The predicted octanol–water partition coefficient (Wildman–Crippen LogP) is 3.46. The van der Waals surface area contributed by atoms with Crippen LogP contribution in [-0.2, 0) is 0 Å². The van der Waals surface area contributed by atoms with Crippen molar-refractivity contribution >= 4 is 5.69 Å². The molecule has 1 heteroatoms. The van der Waals surface area contributed by atoms with Crippen LogP contribution in [0.15, 0.2) is 43.0 Å². The van der Waals surface area contributed by atoms with Crippen LogP contribution in [0.3, 0.4) is 0 Å². The first-order valence-electron chi connectivity index (χ1n) is 5.17.